The Morgan fingerprint density at radius 2 is 2.14 bits per heavy atom. The largest absolute Gasteiger partial charge is 0.396 e. The summed E-state index contributed by atoms with van der Waals surface area (Å²) < 4.78 is 0. The highest BCUT2D eigenvalue weighted by Gasteiger charge is 2.02. The van der Waals surface area contributed by atoms with Gasteiger partial charge in [0.05, 0.1) is 0 Å². The Labute approximate surface area is 131 Å². The SMILES string of the molecule is CC(C)CCSc1ccccc1C=CC(=O)NCCCO. The number of rotatable bonds is 9. The van der Waals surface area contributed by atoms with E-state index < -0.39 is 0 Å². The summed E-state index contributed by atoms with van der Waals surface area (Å²) in [5.41, 5.74) is 1.07. The van der Waals surface area contributed by atoms with Crippen molar-refractivity contribution in [3.8, 4) is 0 Å². The van der Waals surface area contributed by atoms with Gasteiger partial charge >= 0.3 is 0 Å². The van der Waals surface area contributed by atoms with Crippen LogP contribution in [0.15, 0.2) is 35.2 Å². The number of hydrogen-bond donors (Lipinski definition) is 2. The third-order valence-electron chi connectivity index (χ3n) is 2.92. The second-order valence-corrected chi connectivity index (χ2v) is 6.41. The van der Waals surface area contributed by atoms with Gasteiger partial charge in [0.1, 0.15) is 0 Å². The van der Waals surface area contributed by atoms with Crippen LogP contribution in [0.4, 0.5) is 0 Å². The molecule has 0 saturated heterocycles. The highest BCUT2D eigenvalue weighted by Crippen LogP contribution is 2.25. The molecule has 2 N–H and O–H groups in total. The molecule has 0 aliphatic rings. The fourth-order valence-electron chi connectivity index (χ4n) is 1.67. The number of carbonyl (C=O) groups excluding carboxylic acids is 1. The molecular weight excluding hydrogens is 282 g/mol. The second-order valence-electron chi connectivity index (χ2n) is 5.27. The van der Waals surface area contributed by atoms with Crippen molar-refractivity contribution in [3.05, 3.63) is 35.9 Å². The van der Waals surface area contributed by atoms with Crippen molar-refractivity contribution in [1.29, 1.82) is 0 Å². The Bertz CT molecular complexity index is 458. The van der Waals surface area contributed by atoms with E-state index in [-0.39, 0.29) is 12.5 Å². The summed E-state index contributed by atoms with van der Waals surface area (Å²) in [5.74, 6) is 1.67. The molecule has 0 fully saturated rings. The number of nitrogens with one attached hydrogen (secondary N) is 1. The molecule has 0 bridgehead atoms. The lowest BCUT2D eigenvalue weighted by Gasteiger charge is -2.07. The standard InChI is InChI=1S/C17H25NO2S/c1-14(2)10-13-21-16-7-4-3-6-15(16)8-9-17(20)18-11-5-12-19/h3-4,6-9,14,19H,5,10-13H2,1-2H3,(H,18,20). The third kappa shape index (κ3) is 7.93. The van der Waals surface area contributed by atoms with E-state index >= 15 is 0 Å². The topological polar surface area (TPSA) is 49.3 Å². The number of aliphatic hydroxyl groups excluding tert-OH is 1. The monoisotopic (exact) mass is 307 g/mol. The first-order chi connectivity index (χ1) is 10.1. The fourth-order valence-corrected chi connectivity index (χ4v) is 2.96. The number of amides is 1. The number of aliphatic hydroxyl groups is 1. The maximum Gasteiger partial charge on any atom is 0.244 e. The summed E-state index contributed by atoms with van der Waals surface area (Å²) >= 11 is 1.83. The highest BCUT2D eigenvalue weighted by molar-refractivity contribution is 7.99. The Kier molecular flexibility index (Phi) is 8.87. The Morgan fingerprint density at radius 1 is 1.38 bits per heavy atom. The van der Waals surface area contributed by atoms with Crippen LogP contribution >= 0.6 is 11.8 Å². The lowest BCUT2D eigenvalue weighted by Crippen LogP contribution is -2.22. The van der Waals surface area contributed by atoms with Gasteiger partial charge in [-0.3, -0.25) is 4.79 Å². The fraction of sp³-hybridized carbons (Fsp3) is 0.471. The lowest BCUT2D eigenvalue weighted by atomic mass is 10.2. The first kappa shape index (κ1) is 17.8. The minimum absolute atomic E-state index is 0.0965. The predicted molar refractivity (Wildman–Crippen MR) is 90.4 cm³/mol. The molecule has 0 unspecified atom stereocenters. The van der Waals surface area contributed by atoms with Crippen molar-refractivity contribution in [2.45, 2.75) is 31.6 Å². The number of thioether (sulfide) groups is 1. The maximum absolute atomic E-state index is 11.6. The molecule has 0 atom stereocenters. The zero-order valence-corrected chi connectivity index (χ0v) is 13.7. The van der Waals surface area contributed by atoms with Gasteiger partial charge in [0.2, 0.25) is 5.91 Å². The van der Waals surface area contributed by atoms with Crippen LogP contribution < -0.4 is 5.32 Å². The van der Waals surface area contributed by atoms with Gasteiger partial charge in [-0.25, -0.2) is 0 Å². The summed E-state index contributed by atoms with van der Waals surface area (Å²) in [6.07, 6.45) is 5.18. The van der Waals surface area contributed by atoms with E-state index in [1.807, 2.05) is 36.0 Å². The van der Waals surface area contributed by atoms with Gasteiger partial charge in [-0.1, -0.05) is 32.0 Å². The minimum atomic E-state index is -0.120. The molecule has 21 heavy (non-hydrogen) atoms. The molecule has 1 rings (SSSR count). The normalized spacial score (nSPS) is 11.2. The van der Waals surface area contributed by atoms with Crippen LogP contribution in [0.3, 0.4) is 0 Å². The molecule has 0 spiro atoms. The minimum Gasteiger partial charge on any atom is -0.396 e. The molecular formula is C17H25NO2S. The molecule has 1 aromatic rings. The van der Waals surface area contributed by atoms with E-state index in [1.165, 1.54) is 11.3 Å². The zero-order chi connectivity index (χ0) is 15.5. The maximum atomic E-state index is 11.6. The molecule has 0 heterocycles. The summed E-state index contributed by atoms with van der Waals surface area (Å²) in [6, 6.07) is 8.12. The first-order valence-corrected chi connectivity index (χ1v) is 8.40. The van der Waals surface area contributed by atoms with E-state index in [0.717, 1.165) is 11.3 Å². The van der Waals surface area contributed by atoms with Crippen molar-refractivity contribution >= 4 is 23.7 Å². The number of carbonyl (C=O) groups is 1. The van der Waals surface area contributed by atoms with Crippen LogP contribution in [0.2, 0.25) is 0 Å². The van der Waals surface area contributed by atoms with E-state index in [4.69, 9.17) is 5.11 Å². The predicted octanol–water partition coefficient (Wildman–Crippen LogP) is 3.34. The number of hydrogen-bond acceptors (Lipinski definition) is 3. The molecule has 0 aromatic heterocycles. The summed E-state index contributed by atoms with van der Waals surface area (Å²) in [7, 11) is 0. The van der Waals surface area contributed by atoms with Crippen molar-refractivity contribution in [1.82, 2.24) is 5.32 Å². The van der Waals surface area contributed by atoms with E-state index in [2.05, 4.69) is 25.2 Å². The van der Waals surface area contributed by atoms with Gasteiger partial charge in [-0.15, -0.1) is 11.8 Å². The lowest BCUT2D eigenvalue weighted by molar-refractivity contribution is -0.116. The van der Waals surface area contributed by atoms with Gasteiger partial charge in [0, 0.05) is 24.1 Å². The quantitative estimate of drug-likeness (QED) is 0.418. The Hall–Kier alpha value is -1.26. The van der Waals surface area contributed by atoms with E-state index in [1.54, 1.807) is 6.08 Å². The zero-order valence-electron chi connectivity index (χ0n) is 12.8. The van der Waals surface area contributed by atoms with Crippen LogP contribution in [0.1, 0.15) is 32.3 Å². The van der Waals surface area contributed by atoms with Crippen LogP contribution in [0.5, 0.6) is 0 Å². The molecule has 0 aliphatic carbocycles. The molecule has 4 heteroatoms. The van der Waals surface area contributed by atoms with Crippen molar-refractivity contribution in [2.75, 3.05) is 18.9 Å². The van der Waals surface area contributed by atoms with Crippen LogP contribution in [-0.2, 0) is 4.79 Å². The molecule has 1 amide bonds. The van der Waals surface area contributed by atoms with Gasteiger partial charge in [0.25, 0.3) is 0 Å². The highest BCUT2D eigenvalue weighted by atomic mass is 32.2. The van der Waals surface area contributed by atoms with Gasteiger partial charge < -0.3 is 10.4 Å². The first-order valence-electron chi connectivity index (χ1n) is 7.42. The average molecular weight is 307 g/mol. The Morgan fingerprint density at radius 3 is 2.86 bits per heavy atom. The van der Waals surface area contributed by atoms with Gasteiger partial charge in [-0.05, 0) is 42.2 Å². The average Bonchev–Trinajstić information content (AvgIpc) is 2.46. The smallest absolute Gasteiger partial charge is 0.244 e. The van der Waals surface area contributed by atoms with Crippen molar-refractivity contribution < 1.29 is 9.90 Å². The van der Waals surface area contributed by atoms with Crippen LogP contribution in [0, 0.1) is 5.92 Å². The molecule has 3 nitrogen and oxygen atoms in total. The second kappa shape index (κ2) is 10.5. The number of benzene rings is 1. The molecule has 0 radical (unpaired) electrons. The van der Waals surface area contributed by atoms with Crippen molar-refractivity contribution in [3.63, 3.8) is 0 Å². The third-order valence-corrected chi connectivity index (χ3v) is 4.04. The summed E-state index contributed by atoms with van der Waals surface area (Å²) in [5, 5.41) is 11.4. The van der Waals surface area contributed by atoms with Crippen LogP contribution in [-0.4, -0.2) is 29.9 Å². The molecule has 0 aliphatic heterocycles. The summed E-state index contributed by atoms with van der Waals surface area (Å²) in [6.45, 7) is 5.05. The Balaban J connectivity index is 2.55. The molecule has 1 aromatic carbocycles. The van der Waals surface area contributed by atoms with Gasteiger partial charge in [0.15, 0.2) is 0 Å². The van der Waals surface area contributed by atoms with E-state index in [0.29, 0.717) is 18.9 Å². The van der Waals surface area contributed by atoms with E-state index in [9.17, 15) is 4.79 Å². The molecule has 116 valence electrons. The summed E-state index contributed by atoms with van der Waals surface area (Å²) in [4.78, 5) is 12.8. The molecule has 0 saturated carbocycles. The van der Waals surface area contributed by atoms with Crippen LogP contribution in [0.25, 0.3) is 6.08 Å². The van der Waals surface area contributed by atoms with Gasteiger partial charge in [-0.2, -0.15) is 0 Å². The van der Waals surface area contributed by atoms with Crippen molar-refractivity contribution in [2.24, 2.45) is 5.92 Å².